The minimum atomic E-state index is -4.82. The Labute approximate surface area is 345 Å². The van der Waals surface area contributed by atoms with E-state index >= 15 is 0 Å². The zero-order valence-electron chi connectivity index (χ0n) is 30.7. The van der Waals surface area contributed by atoms with Crippen molar-refractivity contribution in [1.29, 1.82) is 0 Å². The van der Waals surface area contributed by atoms with E-state index in [1.54, 1.807) is 24.3 Å². The van der Waals surface area contributed by atoms with E-state index in [0.717, 1.165) is 37.8 Å². The Kier molecular flexibility index (Phi) is 20.8. The van der Waals surface area contributed by atoms with Crippen molar-refractivity contribution in [2.24, 2.45) is 0 Å². The van der Waals surface area contributed by atoms with Gasteiger partial charge in [-0.1, -0.05) is 114 Å². The fraction of sp³-hybridized carbons (Fsp3) is 0.400. The Morgan fingerprint density at radius 1 is 0.566 bits per heavy atom. The largest absolute Gasteiger partial charge is 2.00 e. The number of hydrogen-bond acceptors (Lipinski definition) is 9. The van der Waals surface area contributed by atoms with Gasteiger partial charge in [0.1, 0.15) is 32.3 Å². The first-order valence-corrected chi connectivity index (χ1v) is 20.8. The molecule has 0 bridgehead atoms. The molecule has 53 heavy (non-hydrogen) atoms. The van der Waals surface area contributed by atoms with Gasteiger partial charge in [-0.05, 0) is 91.1 Å². The third kappa shape index (κ3) is 16.6. The van der Waals surface area contributed by atoms with Crippen LogP contribution in [0.5, 0.6) is 34.5 Å². The Morgan fingerprint density at radius 2 is 0.962 bits per heavy atom. The van der Waals surface area contributed by atoms with E-state index in [1.165, 1.54) is 99.6 Å². The van der Waals surface area contributed by atoms with Gasteiger partial charge < -0.3 is 24.2 Å². The van der Waals surface area contributed by atoms with Gasteiger partial charge in [-0.25, -0.2) is 8.42 Å². The molecule has 0 atom stereocenters. The quantitative estimate of drug-likeness (QED) is 0.0499. The monoisotopic (exact) mass is 794 g/mol. The third-order valence-electron chi connectivity index (χ3n) is 8.39. The topological polar surface area (TPSA) is 173 Å². The number of unbranched alkanes of at least 4 members (excludes halogenated alkanes) is 10. The maximum absolute atomic E-state index is 12.0. The number of para-hydroxylation sites is 2. The second-order valence-corrected chi connectivity index (χ2v) is 15.4. The second-order valence-electron chi connectivity index (χ2n) is 12.6. The number of aryl methyl sites for hydroxylation is 2. The number of rotatable bonds is 20. The standard InChI is InChI=1S/2C20H26O5S.Ca/c2*1-2-3-4-5-6-7-9-16-12-14-17(15-13-16)25-18-10-8-11-19(20(18)21)26(22,23)24;/h2*8,10-15,21H,2-7,9H2,1H3,(H,22,23,24);/q;;+2/p-2. The van der Waals surface area contributed by atoms with Gasteiger partial charge in [0.15, 0.2) is 11.5 Å². The van der Waals surface area contributed by atoms with Crippen LogP contribution in [0, 0.1) is 0 Å². The molecule has 0 radical (unpaired) electrons. The van der Waals surface area contributed by atoms with Gasteiger partial charge in [-0.2, -0.15) is 8.42 Å². The molecule has 4 aromatic rings. The van der Waals surface area contributed by atoms with E-state index in [-0.39, 0.29) is 49.2 Å². The molecule has 0 heterocycles. The number of benzene rings is 4. The molecular weight excluding hydrogens is 745 g/mol. The van der Waals surface area contributed by atoms with Crippen LogP contribution in [0.3, 0.4) is 0 Å². The summed E-state index contributed by atoms with van der Waals surface area (Å²) < 4.78 is 75.8. The molecule has 0 aliphatic rings. The van der Waals surface area contributed by atoms with Crippen molar-refractivity contribution in [3.63, 3.8) is 0 Å². The zero-order valence-corrected chi connectivity index (χ0v) is 34.5. The average Bonchev–Trinajstić information content (AvgIpc) is 3.10. The molecule has 0 unspecified atom stereocenters. The molecule has 0 fully saturated rings. The molecular formula is C40H50CaO10S2. The van der Waals surface area contributed by atoms with Crippen LogP contribution in [0.4, 0.5) is 0 Å². The first-order chi connectivity index (χ1) is 24.8. The van der Waals surface area contributed by atoms with Crippen molar-refractivity contribution in [3.05, 3.63) is 96.1 Å². The fourth-order valence-electron chi connectivity index (χ4n) is 5.49. The van der Waals surface area contributed by atoms with Crippen LogP contribution >= 0.6 is 0 Å². The third-order valence-corrected chi connectivity index (χ3v) is 10.1. The van der Waals surface area contributed by atoms with Gasteiger partial charge in [0.05, 0.1) is 4.90 Å². The molecule has 0 saturated carbocycles. The molecule has 2 N–H and O–H groups in total. The van der Waals surface area contributed by atoms with E-state index < -0.39 is 41.5 Å². The minimum absolute atomic E-state index is 0. The normalized spacial score (nSPS) is 11.2. The van der Waals surface area contributed by atoms with Gasteiger partial charge in [0, 0.05) is 0 Å². The average molecular weight is 795 g/mol. The molecule has 0 spiro atoms. The number of hydrogen-bond donors (Lipinski definition) is 2. The van der Waals surface area contributed by atoms with Gasteiger partial charge in [-0.3, -0.25) is 4.55 Å². The summed E-state index contributed by atoms with van der Waals surface area (Å²) in [5.41, 5.74) is 2.40. The van der Waals surface area contributed by atoms with Crippen molar-refractivity contribution < 1.29 is 45.6 Å². The van der Waals surface area contributed by atoms with E-state index in [1.807, 2.05) is 24.3 Å². The number of ether oxygens (including phenoxy) is 2. The Hall–Kier alpha value is -2.84. The van der Waals surface area contributed by atoms with Crippen LogP contribution < -0.4 is 14.6 Å². The molecule has 10 nitrogen and oxygen atoms in total. The summed E-state index contributed by atoms with van der Waals surface area (Å²) in [5.74, 6) is -0.812. The van der Waals surface area contributed by atoms with Crippen molar-refractivity contribution in [2.75, 3.05) is 0 Å². The Bertz CT molecular complexity index is 1740. The van der Waals surface area contributed by atoms with E-state index in [2.05, 4.69) is 13.8 Å². The van der Waals surface area contributed by atoms with Crippen molar-refractivity contribution in [2.45, 2.75) is 114 Å². The van der Waals surface area contributed by atoms with Crippen LogP contribution in [0.1, 0.15) is 102 Å². The summed E-state index contributed by atoms with van der Waals surface area (Å²) in [6.45, 7) is 4.41. The van der Waals surface area contributed by atoms with Crippen molar-refractivity contribution in [1.82, 2.24) is 0 Å². The molecule has 13 heteroatoms. The molecule has 0 aromatic heterocycles. The predicted molar refractivity (Wildman–Crippen MR) is 205 cm³/mol. The van der Waals surface area contributed by atoms with Gasteiger partial charge in [-0.15, -0.1) is 0 Å². The molecule has 0 saturated heterocycles. The van der Waals surface area contributed by atoms with Crippen LogP contribution in [0.2, 0.25) is 0 Å². The molecule has 0 amide bonds. The number of phenols is 1. The maximum Gasteiger partial charge on any atom is 2.00 e. The minimum Gasteiger partial charge on any atom is -0.869 e. The molecule has 4 aromatic carbocycles. The summed E-state index contributed by atoms with van der Waals surface area (Å²) in [6, 6.07) is 22.4. The molecule has 0 aliphatic carbocycles. The Balaban J connectivity index is 0.000000360. The first-order valence-electron chi connectivity index (χ1n) is 17.9. The Morgan fingerprint density at radius 3 is 1.40 bits per heavy atom. The van der Waals surface area contributed by atoms with Crippen LogP contribution in [0.15, 0.2) is 94.7 Å². The smallest absolute Gasteiger partial charge is 0.869 e. The summed E-state index contributed by atoms with van der Waals surface area (Å²) >= 11 is 0. The predicted octanol–water partition coefficient (Wildman–Crippen LogP) is 9.31. The number of phenolic OH excluding ortho intramolecular Hbond substituents is 1. The summed E-state index contributed by atoms with van der Waals surface area (Å²) in [7, 11) is -9.32. The van der Waals surface area contributed by atoms with E-state index in [9.17, 15) is 31.6 Å². The zero-order chi connectivity index (χ0) is 38.0. The van der Waals surface area contributed by atoms with Crippen molar-refractivity contribution in [3.8, 4) is 34.5 Å². The summed E-state index contributed by atoms with van der Waals surface area (Å²) in [4.78, 5) is -1.37. The second kappa shape index (κ2) is 23.8. The van der Waals surface area contributed by atoms with Gasteiger partial charge in [0.25, 0.3) is 10.1 Å². The fourth-order valence-corrected chi connectivity index (χ4v) is 6.66. The van der Waals surface area contributed by atoms with Crippen LogP contribution in [-0.2, 0) is 33.1 Å². The summed E-state index contributed by atoms with van der Waals surface area (Å²) in [5, 5.41) is 22.0. The van der Waals surface area contributed by atoms with Gasteiger partial charge in [0.2, 0.25) is 0 Å². The molecule has 0 aliphatic heterocycles. The van der Waals surface area contributed by atoms with Gasteiger partial charge >= 0.3 is 37.7 Å². The van der Waals surface area contributed by atoms with Crippen molar-refractivity contribution >= 4 is 58.0 Å². The van der Waals surface area contributed by atoms with E-state index in [0.29, 0.717) is 11.5 Å². The first kappa shape index (κ1) is 46.3. The summed E-state index contributed by atoms with van der Waals surface area (Å²) in [6.07, 6.45) is 17.0. The number of aromatic hydroxyl groups is 1. The molecule has 284 valence electrons. The van der Waals surface area contributed by atoms with Crippen LogP contribution in [0.25, 0.3) is 0 Å². The van der Waals surface area contributed by atoms with E-state index in [4.69, 9.17) is 14.0 Å². The maximum atomic E-state index is 12.0. The molecule has 4 rings (SSSR count). The SMILES string of the molecule is CCCCCCCCc1ccc(Oc2cccc(S(=O)(=O)O)c2O)cc1.CCCCCCCCc1ccc(Oc2cccc(S(=O)(=O)[O-])c2[O-])cc1.[Ca+2]. The van der Waals surface area contributed by atoms with Crippen LogP contribution in [-0.4, -0.2) is 68.8 Å².